The number of nitrogens with one attached hydrogen (secondary N) is 1. The highest BCUT2D eigenvalue weighted by molar-refractivity contribution is 7.17. The van der Waals surface area contributed by atoms with Gasteiger partial charge in [-0.1, -0.05) is 23.5 Å². The molecule has 3 rings (SSSR count). The zero-order valence-corrected chi connectivity index (χ0v) is 10.1. The Kier molecular flexibility index (Phi) is 2.56. The predicted molar refractivity (Wildman–Crippen MR) is 69.6 cm³/mol. The van der Waals surface area contributed by atoms with E-state index in [1.165, 1.54) is 17.5 Å². The number of fused-ring (bicyclic) bond motifs is 1. The molecule has 0 saturated carbocycles. The maximum absolute atomic E-state index is 11.6. The van der Waals surface area contributed by atoms with Crippen molar-refractivity contribution < 1.29 is 9.59 Å². The lowest BCUT2D eigenvalue weighted by molar-refractivity contribution is -0.115. The molecule has 1 amide bonds. The van der Waals surface area contributed by atoms with Crippen LogP contribution < -0.4 is 10.2 Å². The number of nitrogens with zero attached hydrogens (tertiary/aromatic N) is 2. The quantitative estimate of drug-likeness (QED) is 0.838. The van der Waals surface area contributed by atoms with Crippen molar-refractivity contribution in [1.82, 2.24) is 4.98 Å². The van der Waals surface area contributed by atoms with Crippen molar-refractivity contribution in [3.8, 4) is 0 Å². The number of hydrogen-bond acceptors (Lipinski definition) is 5. The fraction of sp³-hybridized carbons (Fsp3) is 0.0833. The molecule has 0 spiro atoms. The van der Waals surface area contributed by atoms with Crippen molar-refractivity contribution in [1.29, 1.82) is 0 Å². The Morgan fingerprint density at radius 3 is 3.00 bits per heavy atom. The number of hydrogen-bond donors (Lipinski definition) is 1. The van der Waals surface area contributed by atoms with Gasteiger partial charge in [-0.25, -0.2) is 4.98 Å². The van der Waals surface area contributed by atoms with Crippen LogP contribution in [0.25, 0.3) is 0 Å². The maximum atomic E-state index is 11.6. The van der Waals surface area contributed by atoms with Gasteiger partial charge in [0.15, 0.2) is 11.4 Å². The molecule has 2 heterocycles. The second-order valence-corrected chi connectivity index (χ2v) is 4.86. The summed E-state index contributed by atoms with van der Waals surface area (Å²) in [7, 11) is 0. The molecule has 6 heteroatoms. The molecule has 0 unspecified atom stereocenters. The Morgan fingerprint density at radius 2 is 2.22 bits per heavy atom. The molecular weight excluding hydrogens is 250 g/mol. The SMILES string of the molecule is O=Cc1cnc(N2CC(=O)Nc3ccccc32)s1. The lowest BCUT2D eigenvalue weighted by atomic mass is 10.2. The second-order valence-electron chi connectivity index (χ2n) is 3.81. The van der Waals surface area contributed by atoms with Gasteiger partial charge in [0, 0.05) is 0 Å². The standard InChI is InChI=1S/C12H9N3O2S/c16-7-8-5-13-12(18-8)15-6-11(17)14-9-3-1-2-4-10(9)15/h1-5,7H,6H2,(H,14,17). The van der Waals surface area contributed by atoms with Crippen LogP contribution in [0.4, 0.5) is 16.5 Å². The van der Waals surface area contributed by atoms with Gasteiger partial charge in [-0.15, -0.1) is 0 Å². The van der Waals surface area contributed by atoms with E-state index in [1.54, 1.807) is 0 Å². The highest BCUT2D eigenvalue weighted by atomic mass is 32.1. The molecule has 0 saturated heterocycles. The maximum Gasteiger partial charge on any atom is 0.244 e. The van der Waals surface area contributed by atoms with Crippen molar-refractivity contribution in [2.75, 3.05) is 16.8 Å². The Bertz CT molecular complexity index is 623. The van der Waals surface area contributed by atoms with E-state index in [4.69, 9.17) is 0 Å². The normalized spacial score (nSPS) is 14.0. The van der Waals surface area contributed by atoms with Crippen molar-refractivity contribution in [2.24, 2.45) is 0 Å². The van der Waals surface area contributed by atoms with Crippen LogP contribution in [-0.2, 0) is 4.79 Å². The number of rotatable bonds is 2. The van der Waals surface area contributed by atoms with E-state index in [1.807, 2.05) is 29.2 Å². The van der Waals surface area contributed by atoms with E-state index in [2.05, 4.69) is 10.3 Å². The van der Waals surface area contributed by atoms with Gasteiger partial charge in [0.05, 0.1) is 22.4 Å². The van der Waals surface area contributed by atoms with Gasteiger partial charge in [0.25, 0.3) is 0 Å². The van der Waals surface area contributed by atoms with Crippen LogP contribution in [0, 0.1) is 0 Å². The third kappa shape index (κ3) is 1.76. The molecule has 1 N–H and O–H groups in total. The summed E-state index contributed by atoms with van der Waals surface area (Å²) in [5.74, 6) is -0.0865. The topological polar surface area (TPSA) is 62.3 Å². The van der Waals surface area contributed by atoms with Crippen LogP contribution in [0.2, 0.25) is 0 Å². The lowest BCUT2D eigenvalue weighted by Gasteiger charge is -2.28. The highest BCUT2D eigenvalue weighted by Gasteiger charge is 2.24. The largest absolute Gasteiger partial charge is 0.323 e. The number of amides is 1. The third-order valence-corrected chi connectivity index (χ3v) is 3.57. The Labute approximate surface area is 107 Å². The van der Waals surface area contributed by atoms with Crippen molar-refractivity contribution in [2.45, 2.75) is 0 Å². The molecule has 0 fully saturated rings. The minimum absolute atomic E-state index is 0.0865. The summed E-state index contributed by atoms with van der Waals surface area (Å²) in [5, 5.41) is 3.46. The van der Waals surface area contributed by atoms with Gasteiger partial charge < -0.3 is 10.2 Å². The molecule has 5 nitrogen and oxygen atoms in total. The van der Waals surface area contributed by atoms with E-state index in [0.29, 0.717) is 10.0 Å². The van der Waals surface area contributed by atoms with Gasteiger partial charge in [-0.3, -0.25) is 9.59 Å². The van der Waals surface area contributed by atoms with Gasteiger partial charge in [0.2, 0.25) is 5.91 Å². The minimum atomic E-state index is -0.0865. The second kappa shape index (κ2) is 4.23. The zero-order chi connectivity index (χ0) is 12.5. The highest BCUT2D eigenvalue weighted by Crippen LogP contribution is 2.36. The van der Waals surface area contributed by atoms with Gasteiger partial charge in [-0.2, -0.15) is 0 Å². The van der Waals surface area contributed by atoms with Crippen molar-refractivity contribution in [3.63, 3.8) is 0 Å². The van der Waals surface area contributed by atoms with Crippen LogP contribution in [0.5, 0.6) is 0 Å². The molecule has 90 valence electrons. The van der Waals surface area contributed by atoms with Crippen molar-refractivity contribution >= 4 is 40.0 Å². The number of anilines is 3. The van der Waals surface area contributed by atoms with E-state index in [-0.39, 0.29) is 12.5 Å². The smallest absolute Gasteiger partial charge is 0.244 e. The number of carbonyl (C=O) groups excluding carboxylic acids is 2. The molecule has 1 aromatic carbocycles. The molecule has 0 atom stereocenters. The number of benzene rings is 1. The van der Waals surface area contributed by atoms with Crippen LogP contribution in [-0.4, -0.2) is 23.7 Å². The Balaban J connectivity index is 2.06. The lowest BCUT2D eigenvalue weighted by Crippen LogP contribution is -2.34. The Morgan fingerprint density at radius 1 is 1.39 bits per heavy atom. The fourth-order valence-corrected chi connectivity index (χ4v) is 2.60. The zero-order valence-electron chi connectivity index (χ0n) is 9.29. The van der Waals surface area contributed by atoms with Crippen LogP contribution in [0.1, 0.15) is 9.67 Å². The number of aldehydes is 1. The first-order valence-corrected chi connectivity index (χ1v) is 6.17. The van der Waals surface area contributed by atoms with Crippen LogP contribution in [0.15, 0.2) is 30.5 Å². The van der Waals surface area contributed by atoms with Gasteiger partial charge >= 0.3 is 0 Å². The third-order valence-electron chi connectivity index (χ3n) is 2.63. The summed E-state index contributed by atoms with van der Waals surface area (Å²) in [5.41, 5.74) is 1.65. The van der Waals surface area contributed by atoms with E-state index in [0.717, 1.165) is 17.7 Å². The Hall–Kier alpha value is -2.21. The fourth-order valence-electron chi connectivity index (χ4n) is 1.86. The average molecular weight is 259 g/mol. The molecule has 0 bridgehead atoms. The number of thiazole rings is 1. The summed E-state index contributed by atoms with van der Waals surface area (Å²) in [6.45, 7) is 0.211. The molecule has 0 radical (unpaired) electrons. The number of aromatic nitrogens is 1. The van der Waals surface area contributed by atoms with Crippen LogP contribution >= 0.6 is 11.3 Å². The number of para-hydroxylation sites is 2. The molecule has 0 aliphatic carbocycles. The summed E-state index contributed by atoms with van der Waals surface area (Å²) < 4.78 is 0. The molecule has 1 aliphatic heterocycles. The van der Waals surface area contributed by atoms with E-state index in [9.17, 15) is 9.59 Å². The van der Waals surface area contributed by atoms with Gasteiger partial charge in [-0.05, 0) is 12.1 Å². The molecule has 18 heavy (non-hydrogen) atoms. The van der Waals surface area contributed by atoms with Gasteiger partial charge in [0.1, 0.15) is 6.54 Å². The van der Waals surface area contributed by atoms with E-state index < -0.39 is 0 Å². The first-order chi connectivity index (χ1) is 8.78. The first-order valence-electron chi connectivity index (χ1n) is 5.35. The molecule has 2 aromatic rings. The molecule has 1 aliphatic rings. The monoisotopic (exact) mass is 259 g/mol. The minimum Gasteiger partial charge on any atom is -0.323 e. The summed E-state index contributed by atoms with van der Waals surface area (Å²) in [6.07, 6.45) is 2.28. The molecular formula is C12H9N3O2S. The number of carbonyl (C=O) groups is 2. The van der Waals surface area contributed by atoms with Crippen LogP contribution in [0.3, 0.4) is 0 Å². The summed E-state index contributed by atoms with van der Waals surface area (Å²) in [4.78, 5) is 28.9. The van der Waals surface area contributed by atoms with Crippen molar-refractivity contribution in [3.05, 3.63) is 35.3 Å². The predicted octanol–water partition coefficient (Wildman–Crippen LogP) is 2.05. The average Bonchev–Trinajstić information content (AvgIpc) is 2.86. The molecule has 1 aromatic heterocycles. The summed E-state index contributed by atoms with van der Waals surface area (Å²) >= 11 is 1.27. The first kappa shape index (κ1) is 10.9. The van der Waals surface area contributed by atoms with E-state index >= 15 is 0 Å². The summed E-state index contributed by atoms with van der Waals surface area (Å²) in [6, 6.07) is 7.52.